The van der Waals surface area contributed by atoms with Gasteiger partial charge in [0.15, 0.2) is 17.5 Å². The summed E-state index contributed by atoms with van der Waals surface area (Å²) in [7, 11) is 0. The van der Waals surface area contributed by atoms with Gasteiger partial charge in [-0.25, -0.2) is 9.59 Å². The molecule has 2 saturated carbocycles. The van der Waals surface area contributed by atoms with Crippen molar-refractivity contribution < 1.29 is 63.7 Å². The van der Waals surface area contributed by atoms with Crippen LogP contribution in [-0.2, 0) is 33.3 Å². The Morgan fingerprint density at radius 3 is 2.21 bits per heavy atom. The van der Waals surface area contributed by atoms with Crippen LogP contribution in [0.15, 0.2) is 11.1 Å². The molecule has 0 spiro atoms. The van der Waals surface area contributed by atoms with Crippen molar-refractivity contribution >= 4 is 23.8 Å². The smallest absolute Gasteiger partial charge is 0.407 e. The van der Waals surface area contributed by atoms with Crippen LogP contribution in [0.25, 0.3) is 0 Å². The second-order valence-electron chi connectivity index (χ2n) is 16.2. The molecule has 1 saturated heterocycles. The molecule has 272 valence electrons. The predicted octanol–water partition coefficient (Wildman–Crippen LogP) is 1.07. The first-order chi connectivity index (χ1) is 21.8. The first-order valence-corrected chi connectivity index (χ1v) is 16.6. The highest BCUT2D eigenvalue weighted by Gasteiger charge is 2.76. The second-order valence-corrected chi connectivity index (χ2v) is 16.2. The summed E-state index contributed by atoms with van der Waals surface area (Å²) >= 11 is 0. The lowest BCUT2D eigenvalue weighted by Crippen LogP contribution is -2.81. The van der Waals surface area contributed by atoms with Gasteiger partial charge in [0.25, 0.3) is 0 Å². The van der Waals surface area contributed by atoms with Crippen molar-refractivity contribution in [2.75, 3.05) is 6.61 Å². The predicted molar refractivity (Wildman–Crippen MR) is 168 cm³/mol. The van der Waals surface area contributed by atoms with E-state index in [-0.39, 0.29) is 36.5 Å². The quantitative estimate of drug-likeness (QED) is 0.126. The van der Waals surface area contributed by atoms with Crippen LogP contribution in [0.3, 0.4) is 0 Å². The van der Waals surface area contributed by atoms with E-state index in [1.54, 1.807) is 20.8 Å². The molecule has 0 aromatic rings. The summed E-state index contributed by atoms with van der Waals surface area (Å²) < 4.78 is 22.5. The fraction of sp³-hybridized carbons (Fsp3) is 0.824. The Hall–Kier alpha value is -2.62. The summed E-state index contributed by atoms with van der Waals surface area (Å²) in [6.07, 6.45) is -10.6. The zero-order valence-electron chi connectivity index (χ0n) is 29.5. The summed E-state index contributed by atoms with van der Waals surface area (Å²) in [4.78, 5) is 52.9. The Bertz CT molecular complexity index is 1350. The molecule has 14 nitrogen and oxygen atoms in total. The molecule has 6 N–H and O–H groups in total. The molecule has 0 aromatic carbocycles. The molecule has 4 unspecified atom stereocenters. The zero-order chi connectivity index (χ0) is 36.5. The lowest BCUT2D eigenvalue weighted by molar-refractivity contribution is -0.346. The lowest BCUT2D eigenvalue weighted by atomic mass is 9.44. The van der Waals surface area contributed by atoms with Crippen molar-refractivity contribution in [3.63, 3.8) is 0 Å². The Kier molecular flexibility index (Phi) is 10.0. The van der Waals surface area contributed by atoms with Gasteiger partial charge in [-0.05, 0) is 58.1 Å². The number of Topliss-reactive ketones (excluding diaryl/α,β-unsaturated/α-hetero) is 1. The Morgan fingerprint density at radius 1 is 1.10 bits per heavy atom. The number of rotatable bonds is 7. The number of aliphatic hydroxyl groups is 5. The number of nitrogens with one attached hydrogen (secondary N) is 1. The van der Waals surface area contributed by atoms with Crippen molar-refractivity contribution in [2.24, 2.45) is 22.7 Å². The number of amides is 1. The number of carbonyl (C=O) groups is 4. The molecule has 48 heavy (non-hydrogen) atoms. The van der Waals surface area contributed by atoms with Crippen LogP contribution in [0.5, 0.6) is 0 Å². The van der Waals surface area contributed by atoms with Crippen LogP contribution < -0.4 is 5.32 Å². The second kappa shape index (κ2) is 12.6. The number of ether oxygens (including phenoxy) is 4. The van der Waals surface area contributed by atoms with Gasteiger partial charge in [0.1, 0.15) is 29.5 Å². The van der Waals surface area contributed by atoms with Crippen LogP contribution >= 0.6 is 0 Å². The third kappa shape index (κ3) is 6.06. The fourth-order valence-electron chi connectivity index (χ4n) is 8.50. The van der Waals surface area contributed by atoms with Gasteiger partial charge in [0.05, 0.1) is 30.3 Å². The molecule has 0 radical (unpaired) electrons. The van der Waals surface area contributed by atoms with Gasteiger partial charge in [0.2, 0.25) is 0 Å². The number of carbonyl (C=O) groups excluding carboxylic acids is 4. The minimum absolute atomic E-state index is 0.0152. The minimum Gasteiger partial charge on any atom is -0.456 e. The number of aliphatic hydroxyl groups excluding tert-OH is 4. The largest absolute Gasteiger partial charge is 0.456 e. The molecule has 1 heterocycles. The molecule has 3 aliphatic carbocycles. The summed E-state index contributed by atoms with van der Waals surface area (Å²) in [6.45, 7) is 15.6. The standard InChI is InChI=1S/C34H53NO13/c1-15(2)11-18(35-29(43)48-30(5,6)7)23(38)28(42)46-19-13-34(44)27(41)25-32(10,26(40)24(39)22(16(19)3)31(34,8)9)20(37)12-21-33(25,14-45-21)47-17(4)36/h15,18-21,23-25,27,37-39,41,44H,11-14H2,1-10H3,(H,35,43)/t18-,19-,20-,21?,23?,24+,25-,27-,32?,33-,34?/m0/s1. The van der Waals surface area contributed by atoms with E-state index in [1.807, 2.05) is 13.8 Å². The van der Waals surface area contributed by atoms with Gasteiger partial charge in [-0.3, -0.25) is 9.59 Å². The molecule has 2 bridgehead atoms. The molecule has 4 rings (SSSR count). The first-order valence-electron chi connectivity index (χ1n) is 16.6. The van der Waals surface area contributed by atoms with Crippen LogP contribution in [0.4, 0.5) is 4.79 Å². The topological polar surface area (TPSA) is 218 Å². The highest BCUT2D eigenvalue weighted by molar-refractivity contribution is 5.93. The Balaban J connectivity index is 1.77. The van der Waals surface area contributed by atoms with Crippen LogP contribution in [0.2, 0.25) is 0 Å². The maximum absolute atomic E-state index is 14.4. The SMILES string of the molecule is CC(=O)O[C@@]12COC1C[C@H](O)C1(C)C(=O)[C@H](O)C3=C(C)[C@@H](OC(=O)C(O)[C@H](CC(C)C)NC(=O)OC(C)(C)C)CC(O)([C@@H](O)[C@@H]12)C3(C)C. The van der Waals surface area contributed by atoms with Crippen LogP contribution in [0.1, 0.15) is 88.5 Å². The van der Waals surface area contributed by atoms with Gasteiger partial charge in [0, 0.05) is 31.1 Å². The molecule has 1 amide bonds. The minimum atomic E-state index is -2.25. The summed E-state index contributed by atoms with van der Waals surface area (Å²) in [5, 5.41) is 61.8. The molecule has 1 aliphatic heterocycles. The Morgan fingerprint density at radius 2 is 1.71 bits per heavy atom. The lowest BCUT2D eigenvalue weighted by Gasteiger charge is -2.67. The Labute approximate surface area is 281 Å². The van der Waals surface area contributed by atoms with E-state index >= 15 is 0 Å². The maximum Gasteiger partial charge on any atom is 0.407 e. The van der Waals surface area contributed by atoms with Crippen LogP contribution in [-0.4, -0.2) is 115 Å². The summed E-state index contributed by atoms with van der Waals surface area (Å²) in [5.41, 5.74) is -7.93. The number of alkyl carbamates (subject to hydrolysis) is 1. The van der Waals surface area contributed by atoms with E-state index in [1.165, 1.54) is 27.7 Å². The normalized spacial score (nSPS) is 38.7. The molecule has 14 heteroatoms. The van der Waals surface area contributed by atoms with E-state index < -0.39 is 106 Å². The highest BCUT2D eigenvalue weighted by Crippen LogP contribution is 2.63. The number of hydrogen-bond donors (Lipinski definition) is 6. The average Bonchev–Trinajstić information content (AvgIpc) is 2.93. The van der Waals surface area contributed by atoms with Gasteiger partial charge in [-0.15, -0.1) is 0 Å². The van der Waals surface area contributed by atoms with Gasteiger partial charge < -0.3 is 49.8 Å². The highest BCUT2D eigenvalue weighted by atomic mass is 16.6. The molecular weight excluding hydrogens is 630 g/mol. The van der Waals surface area contributed by atoms with Crippen molar-refractivity contribution in [3.05, 3.63) is 11.1 Å². The number of fused-ring (bicyclic) bond motifs is 5. The van der Waals surface area contributed by atoms with Crippen molar-refractivity contribution in [1.82, 2.24) is 5.32 Å². The molecular formula is C34H53NO13. The van der Waals surface area contributed by atoms with E-state index in [4.69, 9.17) is 18.9 Å². The van der Waals surface area contributed by atoms with E-state index in [9.17, 15) is 44.7 Å². The summed E-state index contributed by atoms with van der Waals surface area (Å²) in [5.74, 6) is -4.27. The number of ketones is 1. The monoisotopic (exact) mass is 683 g/mol. The van der Waals surface area contributed by atoms with Gasteiger partial charge in [-0.2, -0.15) is 0 Å². The molecule has 11 atom stereocenters. The van der Waals surface area contributed by atoms with Crippen molar-refractivity contribution in [1.29, 1.82) is 0 Å². The third-order valence-corrected chi connectivity index (χ3v) is 11.0. The molecule has 4 aliphatic rings. The first kappa shape index (κ1) is 38.2. The van der Waals surface area contributed by atoms with Crippen molar-refractivity contribution in [2.45, 2.75) is 148 Å². The van der Waals surface area contributed by atoms with Gasteiger partial charge >= 0.3 is 18.0 Å². The fourth-order valence-corrected chi connectivity index (χ4v) is 8.50. The van der Waals surface area contributed by atoms with E-state index in [0.29, 0.717) is 0 Å². The van der Waals surface area contributed by atoms with Gasteiger partial charge in [-0.1, -0.05) is 27.7 Å². The summed E-state index contributed by atoms with van der Waals surface area (Å²) in [6, 6.07) is -1.12. The third-order valence-electron chi connectivity index (χ3n) is 11.0. The van der Waals surface area contributed by atoms with Crippen molar-refractivity contribution in [3.8, 4) is 0 Å². The maximum atomic E-state index is 14.4. The average molecular weight is 684 g/mol. The molecule has 0 aromatic heterocycles. The zero-order valence-corrected chi connectivity index (χ0v) is 29.5. The van der Waals surface area contributed by atoms with E-state index in [2.05, 4.69) is 5.32 Å². The molecule has 3 fully saturated rings. The number of esters is 2. The van der Waals surface area contributed by atoms with E-state index in [0.717, 1.165) is 6.92 Å². The van der Waals surface area contributed by atoms with Crippen LogP contribution in [0, 0.1) is 22.7 Å². The number of hydrogen-bond acceptors (Lipinski definition) is 13.